The van der Waals surface area contributed by atoms with Crippen molar-refractivity contribution in [2.75, 3.05) is 6.54 Å². The van der Waals surface area contributed by atoms with Crippen LogP contribution in [0, 0.1) is 0 Å². The molecular formula is C22H27N3O. The highest BCUT2D eigenvalue weighted by Gasteiger charge is 2.19. The molecule has 0 amide bonds. The number of nitrogens with zero attached hydrogens (tertiary/aromatic N) is 2. The fraction of sp³-hybridized carbons (Fsp3) is 0.318. The van der Waals surface area contributed by atoms with Gasteiger partial charge >= 0.3 is 0 Å². The first-order chi connectivity index (χ1) is 12.6. The molecule has 0 atom stereocenters. The van der Waals surface area contributed by atoms with Crippen LogP contribution in [-0.2, 0) is 18.7 Å². The maximum Gasteiger partial charge on any atom is 0.119 e. The Bertz CT molecular complexity index is 765. The largest absolute Gasteiger partial charge is 0.489 e. The lowest BCUT2D eigenvalue weighted by Gasteiger charge is -2.27. The van der Waals surface area contributed by atoms with Crippen LogP contribution >= 0.6 is 0 Å². The maximum absolute atomic E-state index is 5.87. The van der Waals surface area contributed by atoms with E-state index in [1.165, 1.54) is 11.1 Å². The smallest absolute Gasteiger partial charge is 0.119 e. The van der Waals surface area contributed by atoms with Gasteiger partial charge in [-0.15, -0.1) is 0 Å². The van der Waals surface area contributed by atoms with E-state index in [0.717, 1.165) is 25.3 Å². The second kappa shape index (κ2) is 8.68. The fourth-order valence-electron chi connectivity index (χ4n) is 2.89. The van der Waals surface area contributed by atoms with Crippen molar-refractivity contribution < 1.29 is 4.74 Å². The minimum absolute atomic E-state index is 0.0765. The number of aryl methyl sites for hydroxylation is 1. The quantitative estimate of drug-likeness (QED) is 0.583. The summed E-state index contributed by atoms with van der Waals surface area (Å²) in [7, 11) is 0. The first-order valence-corrected chi connectivity index (χ1v) is 9.11. The number of rotatable bonds is 9. The highest BCUT2D eigenvalue weighted by Crippen LogP contribution is 2.23. The number of hydrogen-bond acceptors (Lipinski definition) is 3. The van der Waals surface area contributed by atoms with Gasteiger partial charge in [-0.25, -0.2) is 4.98 Å². The Morgan fingerprint density at radius 3 is 2.50 bits per heavy atom. The van der Waals surface area contributed by atoms with Crippen LogP contribution in [-0.4, -0.2) is 16.1 Å². The summed E-state index contributed by atoms with van der Waals surface area (Å²) >= 11 is 0. The molecule has 1 N–H and O–H groups in total. The molecule has 2 aromatic carbocycles. The summed E-state index contributed by atoms with van der Waals surface area (Å²) in [6.07, 6.45) is 6.75. The predicted octanol–water partition coefficient (Wildman–Crippen LogP) is 4.38. The van der Waals surface area contributed by atoms with E-state index in [9.17, 15) is 0 Å². The first-order valence-electron chi connectivity index (χ1n) is 9.11. The molecule has 4 heteroatoms. The van der Waals surface area contributed by atoms with Crippen LogP contribution in [0.15, 0.2) is 73.3 Å². The molecule has 26 heavy (non-hydrogen) atoms. The van der Waals surface area contributed by atoms with E-state index < -0.39 is 0 Å². The molecule has 0 fully saturated rings. The van der Waals surface area contributed by atoms with Crippen LogP contribution in [0.1, 0.15) is 31.4 Å². The average Bonchev–Trinajstić information content (AvgIpc) is 3.18. The lowest BCUT2D eigenvalue weighted by molar-refractivity contribution is 0.305. The van der Waals surface area contributed by atoms with Gasteiger partial charge in [-0.3, -0.25) is 0 Å². The minimum Gasteiger partial charge on any atom is -0.489 e. The topological polar surface area (TPSA) is 39.1 Å². The van der Waals surface area contributed by atoms with Crippen molar-refractivity contribution in [3.63, 3.8) is 0 Å². The summed E-state index contributed by atoms with van der Waals surface area (Å²) < 4.78 is 7.98. The Hall–Kier alpha value is -2.59. The van der Waals surface area contributed by atoms with Crippen molar-refractivity contribution in [3.8, 4) is 5.75 Å². The summed E-state index contributed by atoms with van der Waals surface area (Å²) in [5.41, 5.74) is 2.36. The lowest BCUT2D eigenvalue weighted by Crippen LogP contribution is -2.37. The maximum atomic E-state index is 5.87. The third-order valence-electron chi connectivity index (χ3n) is 4.54. The zero-order valence-corrected chi connectivity index (χ0v) is 15.6. The number of benzene rings is 2. The number of nitrogens with one attached hydrogen (secondary N) is 1. The van der Waals surface area contributed by atoms with Crippen molar-refractivity contribution in [1.82, 2.24) is 14.9 Å². The van der Waals surface area contributed by atoms with Gasteiger partial charge in [0.2, 0.25) is 0 Å². The highest BCUT2D eigenvalue weighted by atomic mass is 16.5. The van der Waals surface area contributed by atoms with E-state index in [1.54, 1.807) is 0 Å². The molecule has 136 valence electrons. The van der Waals surface area contributed by atoms with Gasteiger partial charge in [-0.2, -0.15) is 0 Å². The van der Waals surface area contributed by atoms with Crippen molar-refractivity contribution >= 4 is 0 Å². The molecule has 4 nitrogen and oxygen atoms in total. The van der Waals surface area contributed by atoms with E-state index in [1.807, 2.05) is 49.1 Å². The van der Waals surface area contributed by atoms with E-state index in [0.29, 0.717) is 6.61 Å². The summed E-state index contributed by atoms with van der Waals surface area (Å²) in [4.78, 5) is 4.07. The van der Waals surface area contributed by atoms with Gasteiger partial charge in [-0.1, -0.05) is 42.5 Å². The SMILES string of the molecule is CC(C)(NCCCn1ccnc1)c1ccc(OCc2ccccc2)cc1. The Balaban J connectivity index is 1.48. The molecular weight excluding hydrogens is 322 g/mol. The summed E-state index contributed by atoms with van der Waals surface area (Å²) in [5.74, 6) is 0.897. The Morgan fingerprint density at radius 2 is 1.81 bits per heavy atom. The van der Waals surface area contributed by atoms with Crippen molar-refractivity contribution in [2.45, 2.75) is 39.0 Å². The van der Waals surface area contributed by atoms with Crippen molar-refractivity contribution in [1.29, 1.82) is 0 Å². The minimum atomic E-state index is -0.0765. The number of hydrogen-bond donors (Lipinski definition) is 1. The fourth-order valence-corrected chi connectivity index (χ4v) is 2.89. The van der Waals surface area contributed by atoms with E-state index in [-0.39, 0.29) is 5.54 Å². The summed E-state index contributed by atoms with van der Waals surface area (Å²) in [6.45, 7) is 6.96. The summed E-state index contributed by atoms with van der Waals surface area (Å²) in [5, 5.41) is 3.64. The molecule has 1 aromatic heterocycles. The average molecular weight is 349 g/mol. The molecule has 0 aliphatic carbocycles. The summed E-state index contributed by atoms with van der Waals surface area (Å²) in [6, 6.07) is 18.6. The Labute approximate surface area is 155 Å². The molecule has 0 bridgehead atoms. The standard InChI is InChI=1S/C22H27N3O/c1-22(2,24-13-6-15-25-16-14-23-18-25)20-9-11-21(12-10-20)26-17-19-7-4-3-5-8-19/h3-5,7-12,14,16,18,24H,6,13,15,17H2,1-2H3. The molecule has 0 spiro atoms. The Kier molecular flexibility index (Phi) is 6.08. The molecule has 3 aromatic rings. The lowest BCUT2D eigenvalue weighted by atomic mass is 9.94. The van der Waals surface area contributed by atoms with Crippen LogP contribution in [0.25, 0.3) is 0 Å². The van der Waals surface area contributed by atoms with Crippen LogP contribution in [0.5, 0.6) is 5.75 Å². The molecule has 1 heterocycles. The number of aromatic nitrogens is 2. The predicted molar refractivity (Wildman–Crippen MR) is 105 cm³/mol. The molecule has 0 saturated carbocycles. The van der Waals surface area contributed by atoms with Gasteiger partial charge in [0.05, 0.1) is 6.33 Å². The monoisotopic (exact) mass is 349 g/mol. The Morgan fingerprint density at radius 1 is 1.04 bits per heavy atom. The van der Waals surface area contributed by atoms with Gasteiger partial charge in [0.15, 0.2) is 0 Å². The van der Waals surface area contributed by atoms with Crippen LogP contribution in [0.4, 0.5) is 0 Å². The second-order valence-electron chi connectivity index (χ2n) is 7.00. The van der Waals surface area contributed by atoms with Gasteiger partial charge in [-0.05, 0) is 50.1 Å². The number of ether oxygens (including phenoxy) is 1. The van der Waals surface area contributed by atoms with Crippen LogP contribution in [0.3, 0.4) is 0 Å². The van der Waals surface area contributed by atoms with Gasteiger partial charge < -0.3 is 14.6 Å². The van der Waals surface area contributed by atoms with Crippen LogP contribution < -0.4 is 10.1 Å². The third kappa shape index (κ3) is 5.20. The zero-order valence-electron chi connectivity index (χ0n) is 15.6. The zero-order chi connectivity index (χ0) is 18.2. The van der Waals surface area contributed by atoms with E-state index in [4.69, 9.17) is 4.74 Å². The highest BCUT2D eigenvalue weighted by molar-refractivity contribution is 5.31. The molecule has 0 unspecified atom stereocenters. The van der Waals surface area contributed by atoms with Crippen molar-refractivity contribution in [2.24, 2.45) is 0 Å². The number of imidazole rings is 1. The van der Waals surface area contributed by atoms with Crippen molar-refractivity contribution in [3.05, 3.63) is 84.4 Å². The molecule has 0 saturated heterocycles. The van der Waals surface area contributed by atoms with Gasteiger partial charge in [0.25, 0.3) is 0 Å². The van der Waals surface area contributed by atoms with E-state index >= 15 is 0 Å². The molecule has 0 aliphatic rings. The molecule has 3 rings (SSSR count). The third-order valence-corrected chi connectivity index (χ3v) is 4.54. The molecule has 0 radical (unpaired) electrons. The first kappa shape index (κ1) is 18.2. The normalized spacial score (nSPS) is 11.5. The van der Waals surface area contributed by atoms with Gasteiger partial charge in [0.1, 0.15) is 12.4 Å². The molecule has 0 aliphatic heterocycles. The second-order valence-corrected chi connectivity index (χ2v) is 7.00. The van der Waals surface area contributed by atoms with Gasteiger partial charge in [0, 0.05) is 24.5 Å². The van der Waals surface area contributed by atoms with Crippen LogP contribution in [0.2, 0.25) is 0 Å². The van der Waals surface area contributed by atoms with E-state index in [2.05, 4.69) is 53.0 Å².